The molecule has 0 saturated carbocycles. The van der Waals surface area contributed by atoms with E-state index in [4.69, 9.17) is 16.3 Å². The van der Waals surface area contributed by atoms with Crippen LogP contribution in [0.4, 0.5) is 11.4 Å². The molecule has 0 saturated heterocycles. The van der Waals surface area contributed by atoms with Crippen molar-refractivity contribution in [3.05, 3.63) is 58.6 Å². The summed E-state index contributed by atoms with van der Waals surface area (Å²) in [5.41, 5.74) is 2.52. The van der Waals surface area contributed by atoms with Gasteiger partial charge in [-0.15, -0.1) is 0 Å². The van der Waals surface area contributed by atoms with Crippen molar-refractivity contribution in [2.45, 2.75) is 13.8 Å². The lowest BCUT2D eigenvalue weighted by atomic mass is 10.1. The van der Waals surface area contributed by atoms with E-state index in [1.54, 1.807) is 43.3 Å². The summed E-state index contributed by atoms with van der Waals surface area (Å²) in [5, 5.41) is 6.35. The van der Waals surface area contributed by atoms with E-state index < -0.39 is 5.97 Å². The molecule has 24 heavy (non-hydrogen) atoms. The molecule has 6 heteroatoms. The Morgan fingerprint density at radius 3 is 2.62 bits per heavy atom. The van der Waals surface area contributed by atoms with Gasteiger partial charge in [-0.2, -0.15) is 0 Å². The Morgan fingerprint density at radius 1 is 1.12 bits per heavy atom. The number of halogens is 1. The SMILES string of the molecule is CCOC(=O)c1ccccc1NC(=O)CNc1cc(Cl)ccc1C. The number of aryl methyl sites for hydroxylation is 1. The number of nitrogens with one attached hydrogen (secondary N) is 2. The number of para-hydroxylation sites is 1. The zero-order chi connectivity index (χ0) is 17.5. The summed E-state index contributed by atoms with van der Waals surface area (Å²) in [7, 11) is 0. The lowest BCUT2D eigenvalue weighted by Crippen LogP contribution is -2.23. The number of esters is 1. The number of ether oxygens (including phenoxy) is 1. The molecule has 2 rings (SSSR count). The van der Waals surface area contributed by atoms with Crippen LogP contribution in [0.3, 0.4) is 0 Å². The minimum atomic E-state index is -0.466. The molecule has 0 unspecified atom stereocenters. The van der Waals surface area contributed by atoms with E-state index in [2.05, 4.69) is 10.6 Å². The minimum absolute atomic E-state index is 0.0539. The number of anilines is 2. The molecule has 0 fully saturated rings. The highest BCUT2D eigenvalue weighted by Gasteiger charge is 2.13. The van der Waals surface area contributed by atoms with Crippen LogP contribution in [0.2, 0.25) is 5.02 Å². The van der Waals surface area contributed by atoms with Gasteiger partial charge in [-0.1, -0.05) is 29.8 Å². The van der Waals surface area contributed by atoms with Crippen LogP contribution in [-0.2, 0) is 9.53 Å². The first-order valence-corrected chi connectivity index (χ1v) is 7.95. The largest absolute Gasteiger partial charge is 0.462 e. The van der Waals surface area contributed by atoms with E-state index in [1.807, 2.05) is 13.0 Å². The Labute approximate surface area is 146 Å². The predicted molar refractivity (Wildman–Crippen MR) is 95.7 cm³/mol. The molecule has 0 aliphatic heterocycles. The van der Waals surface area contributed by atoms with Gasteiger partial charge in [-0.3, -0.25) is 4.79 Å². The monoisotopic (exact) mass is 346 g/mol. The average molecular weight is 347 g/mol. The summed E-state index contributed by atoms with van der Waals surface area (Å²) in [6, 6.07) is 12.2. The van der Waals surface area contributed by atoms with Crippen LogP contribution in [0.25, 0.3) is 0 Å². The van der Waals surface area contributed by atoms with E-state index in [1.165, 1.54) is 0 Å². The van der Waals surface area contributed by atoms with Crippen molar-refractivity contribution < 1.29 is 14.3 Å². The van der Waals surface area contributed by atoms with E-state index in [-0.39, 0.29) is 19.1 Å². The van der Waals surface area contributed by atoms with Gasteiger partial charge in [0.25, 0.3) is 0 Å². The molecule has 0 spiro atoms. The molecule has 0 aromatic heterocycles. The minimum Gasteiger partial charge on any atom is -0.462 e. The van der Waals surface area contributed by atoms with Crippen LogP contribution >= 0.6 is 11.6 Å². The van der Waals surface area contributed by atoms with E-state index in [9.17, 15) is 9.59 Å². The lowest BCUT2D eigenvalue weighted by molar-refractivity contribution is -0.114. The Balaban J connectivity index is 2.02. The highest BCUT2D eigenvalue weighted by atomic mass is 35.5. The Kier molecular flexibility index (Phi) is 6.21. The molecule has 0 atom stereocenters. The van der Waals surface area contributed by atoms with Crippen LogP contribution in [0.15, 0.2) is 42.5 Å². The fourth-order valence-corrected chi connectivity index (χ4v) is 2.31. The van der Waals surface area contributed by atoms with Crippen molar-refractivity contribution in [3.8, 4) is 0 Å². The summed E-state index contributed by atoms with van der Waals surface area (Å²) in [6.07, 6.45) is 0. The van der Waals surface area contributed by atoms with Crippen LogP contribution < -0.4 is 10.6 Å². The van der Waals surface area contributed by atoms with Gasteiger partial charge in [-0.25, -0.2) is 4.79 Å². The third-order valence-corrected chi connectivity index (χ3v) is 3.57. The molecule has 2 N–H and O–H groups in total. The van der Waals surface area contributed by atoms with Crippen molar-refractivity contribution in [1.82, 2.24) is 0 Å². The maximum Gasteiger partial charge on any atom is 0.340 e. The number of carbonyl (C=O) groups is 2. The van der Waals surface area contributed by atoms with E-state index in [0.717, 1.165) is 11.3 Å². The van der Waals surface area contributed by atoms with Crippen LogP contribution in [0.1, 0.15) is 22.8 Å². The Bertz CT molecular complexity index is 747. The molecule has 2 aromatic carbocycles. The Morgan fingerprint density at radius 2 is 1.88 bits per heavy atom. The molecular formula is C18H19ClN2O3. The first-order chi connectivity index (χ1) is 11.5. The van der Waals surface area contributed by atoms with Crippen molar-refractivity contribution in [3.63, 3.8) is 0 Å². The maximum atomic E-state index is 12.2. The van der Waals surface area contributed by atoms with Gasteiger partial charge in [0.2, 0.25) is 5.91 Å². The normalized spacial score (nSPS) is 10.1. The topological polar surface area (TPSA) is 67.4 Å². The van der Waals surface area contributed by atoms with Crippen LogP contribution in [0, 0.1) is 6.92 Å². The van der Waals surface area contributed by atoms with Gasteiger partial charge >= 0.3 is 5.97 Å². The predicted octanol–water partition coefficient (Wildman–Crippen LogP) is 3.88. The zero-order valence-corrected chi connectivity index (χ0v) is 14.3. The summed E-state index contributed by atoms with van der Waals surface area (Å²) < 4.78 is 4.99. The van der Waals surface area contributed by atoms with Crippen molar-refractivity contribution in [2.75, 3.05) is 23.8 Å². The fourth-order valence-electron chi connectivity index (χ4n) is 2.13. The molecule has 5 nitrogen and oxygen atoms in total. The van der Waals surface area contributed by atoms with Gasteiger partial charge in [-0.05, 0) is 43.7 Å². The average Bonchev–Trinajstić information content (AvgIpc) is 2.56. The number of rotatable bonds is 6. The van der Waals surface area contributed by atoms with Crippen LogP contribution in [-0.4, -0.2) is 25.0 Å². The molecular weight excluding hydrogens is 328 g/mol. The van der Waals surface area contributed by atoms with Gasteiger partial charge in [0.15, 0.2) is 0 Å². The second-order valence-corrected chi connectivity index (χ2v) is 5.56. The molecule has 2 aromatic rings. The zero-order valence-electron chi connectivity index (χ0n) is 13.6. The highest BCUT2D eigenvalue weighted by Crippen LogP contribution is 2.20. The molecule has 0 heterocycles. The quantitative estimate of drug-likeness (QED) is 0.779. The molecule has 1 amide bonds. The lowest BCUT2D eigenvalue weighted by Gasteiger charge is -2.12. The van der Waals surface area contributed by atoms with Gasteiger partial charge in [0.1, 0.15) is 0 Å². The standard InChI is InChI=1S/C18H19ClN2O3/c1-3-24-18(23)14-6-4-5-7-15(14)21-17(22)11-20-16-10-13(19)9-8-12(16)2/h4-10,20H,3,11H2,1-2H3,(H,21,22). The molecule has 0 radical (unpaired) electrons. The van der Waals surface area contributed by atoms with Crippen molar-refractivity contribution >= 4 is 34.9 Å². The van der Waals surface area contributed by atoms with Crippen molar-refractivity contribution in [1.29, 1.82) is 0 Å². The first-order valence-electron chi connectivity index (χ1n) is 7.57. The van der Waals surface area contributed by atoms with Gasteiger partial charge < -0.3 is 15.4 Å². The molecule has 0 aliphatic carbocycles. The third kappa shape index (κ3) is 4.73. The summed E-state index contributed by atoms with van der Waals surface area (Å²) >= 11 is 5.96. The van der Waals surface area contributed by atoms with Crippen molar-refractivity contribution in [2.24, 2.45) is 0 Å². The van der Waals surface area contributed by atoms with E-state index in [0.29, 0.717) is 16.3 Å². The Hall–Kier alpha value is -2.53. The number of carbonyl (C=O) groups excluding carboxylic acids is 2. The molecule has 126 valence electrons. The highest BCUT2D eigenvalue weighted by molar-refractivity contribution is 6.30. The first kappa shape index (κ1) is 17.8. The second kappa shape index (κ2) is 8.36. The van der Waals surface area contributed by atoms with E-state index >= 15 is 0 Å². The second-order valence-electron chi connectivity index (χ2n) is 5.13. The number of benzene rings is 2. The van der Waals surface area contributed by atoms with Crippen LogP contribution in [0.5, 0.6) is 0 Å². The van der Waals surface area contributed by atoms with Gasteiger partial charge in [0.05, 0.1) is 24.4 Å². The smallest absolute Gasteiger partial charge is 0.340 e. The number of amides is 1. The molecule has 0 aliphatic rings. The summed E-state index contributed by atoms with van der Waals surface area (Å²) in [5.74, 6) is -0.738. The third-order valence-electron chi connectivity index (χ3n) is 3.34. The summed E-state index contributed by atoms with van der Waals surface area (Å²) in [6.45, 7) is 3.98. The number of hydrogen-bond acceptors (Lipinski definition) is 4. The number of hydrogen-bond donors (Lipinski definition) is 2. The maximum absolute atomic E-state index is 12.2. The van der Waals surface area contributed by atoms with Gasteiger partial charge in [0, 0.05) is 10.7 Å². The summed E-state index contributed by atoms with van der Waals surface area (Å²) in [4.78, 5) is 24.1. The fraction of sp³-hybridized carbons (Fsp3) is 0.222. The molecule has 0 bridgehead atoms.